The van der Waals surface area contributed by atoms with E-state index in [9.17, 15) is 0 Å². The van der Waals surface area contributed by atoms with Crippen molar-refractivity contribution >= 4 is 41.5 Å². The van der Waals surface area contributed by atoms with Crippen LogP contribution >= 0.6 is 35.6 Å². The van der Waals surface area contributed by atoms with Crippen molar-refractivity contribution in [1.29, 1.82) is 0 Å². The Kier molecular flexibility index (Phi) is 12.9. The van der Waals surface area contributed by atoms with Gasteiger partial charge in [-0.1, -0.05) is 28.9 Å². The summed E-state index contributed by atoms with van der Waals surface area (Å²) in [4.78, 5) is 9.04. The van der Waals surface area contributed by atoms with Gasteiger partial charge in [-0.3, -0.25) is 4.99 Å². The molecular weight excluding hydrogens is 545 g/mol. The van der Waals surface area contributed by atoms with E-state index in [1.54, 1.807) is 0 Å². The monoisotopic (exact) mass is 577 g/mol. The summed E-state index contributed by atoms with van der Waals surface area (Å²) >= 11 is 6.03. The minimum Gasteiger partial charge on any atom is -0.381 e. The second-order valence-electron chi connectivity index (χ2n) is 7.44. The molecule has 178 valence electrons. The van der Waals surface area contributed by atoms with E-state index >= 15 is 0 Å². The van der Waals surface area contributed by atoms with Crippen LogP contribution in [0.4, 0.5) is 0 Å². The molecule has 0 saturated carbocycles. The van der Waals surface area contributed by atoms with Crippen molar-refractivity contribution in [3.63, 3.8) is 0 Å². The molecule has 0 aliphatic carbocycles. The quantitative estimate of drug-likeness (QED) is 0.181. The highest BCUT2D eigenvalue weighted by molar-refractivity contribution is 14.0. The van der Waals surface area contributed by atoms with Gasteiger partial charge in [0, 0.05) is 63.1 Å². The lowest BCUT2D eigenvalue weighted by molar-refractivity contribution is 0.0205. The van der Waals surface area contributed by atoms with Gasteiger partial charge in [0.15, 0.2) is 5.96 Å². The Morgan fingerprint density at radius 2 is 2.12 bits per heavy atom. The molecule has 10 heteroatoms. The van der Waals surface area contributed by atoms with Crippen LogP contribution in [-0.4, -0.2) is 62.2 Å². The van der Waals surface area contributed by atoms with Crippen LogP contribution in [0.3, 0.4) is 0 Å². The number of benzene rings is 1. The molecule has 3 rings (SSSR count). The molecule has 8 nitrogen and oxygen atoms in total. The Bertz CT molecular complexity index is 814. The van der Waals surface area contributed by atoms with E-state index in [0.717, 1.165) is 63.8 Å². The normalized spacial score (nSPS) is 14.8. The van der Waals surface area contributed by atoms with Crippen molar-refractivity contribution in [2.75, 3.05) is 46.1 Å². The standard InChI is InChI=1S/C22H32ClN5O3.HI/c1-2-24-22(25-10-4-12-30-16-17-8-13-29-14-9-17)26-11-7-20-27-21(28-31-20)18-5-3-6-19(23)15-18;/h3,5-6,15,17H,2,4,7-14,16H2,1H3,(H2,24,25,26);1H. The summed E-state index contributed by atoms with van der Waals surface area (Å²) in [7, 11) is 0. The smallest absolute Gasteiger partial charge is 0.228 e. The number of hydrogen-bond acceptors (Lipinski definition) is 6. The van der Waals surface area contributed by atoms with Crippen molar-refractivity contribution in [1.82, 2.24) is 20.8 Å². The molecule has 0 amide bonds. The summed E-state index contributed by atoms with van der Waals surface area (Å²) in [5.41, 5.74) is 0.837. The lowest BCUT2D eigenvalue weighted by Gasteiger charge is -2.21. The second-order valence-corrected chi connectivity index (χ2v) is 7.88. The topological polar surface area (TPSA) is 93.8 Å². The SMILES string of the molecule is CCNC(=NCCCOCC1CCOCC1)NCCc1nc(-c2cccc(Cl)c2)no1.I. The van der Waals surface area contributed by atoms with Crippen molar-refractivity contribution in [3.05, 3.63) is 35.2 Å². The minimum atomic E-state index is 0. The number of halogens is 2. The van der Waals surface area contributed by atoms with E-state index in [4.69, 9.17) is 25.6 Å². The maximum atomic E-state index is 6.03. The number of ether oxygens (including phenoxy) is 2. The van der Waals surface area contributed by atoms with Gasteiger partial charge < -0.3 is 24.6 Å². The van der Waals surface area contributed by atoms with Crippen LogP contribution in [0.15, 0.2) is 33.8 Å². The van der Waals surface area contributed by atoms with Crippen LogP contribution < -0.4 is 10.6 Å². The Hall–Kier alpha value is -1.43. The number of aromatic nitrogens is 2. The third kappa shape index (κ3) is 9.60. The largest absolute Gasteiger partial charge is 0.381 e. The first-order valence-corrected chi connectivity index (χ1v) is 11.4. The number of nitrogens with zero attached hydrogens (tertiary/aromatic N) is 3. The van der Waals surface area contributed by atoms with Gasteiger partial charge in [0.2, 0.25) is 11.7 Å². The fourth-order valence-electron chi connectivity index (χ4n) is 3.25. The first-order valence-electron chi connectivity index (χ1n) is 11.0. The van der Waals surface area contributed by atoms with Gasteiger partial charge in [-0.15, -0.1) is 24.0 Å². The van der Waals surface area contributed by atoms with Crippen LogP contribution in [0.2, 0.25) is 5.02 Å². The molecule has 32 heavy (non-hydrogen) atoms. The number of rotatable bonds is 11. The van der Waals surface area contributed by atoms with E-state index in [2.05, 4.69) is 25.8 Å². The van der Waals surface area contributed by atoms with Gasteiger partial charge in [-0.2, -0.15) is 4.98 Å². The van der Waals surface area contributed by atoms with Crippen molar-refractivity contribution in [2.45, 2.75) is 32.6 Å². The Labute approximate surface area is 211 Å². The maximum Gasteiger partial charge on any atom is 0.228 e. The fourth-order valence-corrected chi connectivity index (χ4v) is 3.44. The van der Waals surface area contributed by atoms with Crippen molar-refractivity contribution in [3.8, 4) is 11.4 Å². The molecule has 0 radical (unpaired) electrons. The Morgan fingerprint density at radius 1 is 1.28 bits per heavy atom. The molecule has 1 aliphatic rings. The Balaban J connectivity index is 0.00000363. The molecule has 0 unspecified atom stereocenters. The van der Waals surface area contributed by atoms with Gasteiger partial charge in [0.1, 0.15) is 0 Å². The summed E-state index contributed by atoms with van der Waals surface area (Å²) in [5, 5.41) is 11.2. The zero-order valence-corrected chi connectivity index (χ0v) is 21.6. The molecule has 1 aromatic heterocycles. The molecule has 1 aromatic carbocycles. The number of nitrogens with one attached hydrogen (secondary N) is 2. The van der Waals surface area contributed by atoms with Crippen molar-refractivity contribution < 1.29 is 14.0 Å². The second kappa shape index (κ2) is 15.4. The zero-order chi connectivity index (χ0) is 21.7. The first kappa shape index (κ1) is 26.8. The van der Waals surface area contributed by atoms with Crippen LogP contribution in [0.25, 0.3) is 11.4 Å². The van der Waals surface area contributed by atoms with Gasteiger partial charge in [-0.25, -0.2) is 0 Å². The van der Waals surface area contributed by atoms with Gasteiger partial charge in [-0.05, 0) is 44.2 Å². The average Bonchev–Trinajstić information content (AvgIpc) is 3.26. The summed E-state index contributed by atoms with van der Waals surface area (Å²) < 4.78 is 16.5. The molecule has 0 spiro atoms. The lowest BCUT2D eigenvalue weighted by Crippen LogP contribution is -2.38. The van der Waals surface area contributed by atoms with Gasteiger partial charge in [0.25, 0.3) is 0 Å². The summed E-state index contributed by atoms with van der Waals surface area (Å²) in [5.74, 6) is 2.53. The minimum absolute atomic E-state index is 0. The number of aliphatic imine (C=N–C) groups is 1. The predicted molar refractivity (Wildman–Crippen MR) is 137 cm³/mol. The molecule has 0 atom stereocenters. The number of hydrogen-bond donors (Lipinski definition) is 2. The Morgan fingerprint density at radius 3 is 2.91 bits per heavy atom. The van der Waals surface area contributed by atoms with Crippen LogP contribution in [0.5, 0.6) is 0 Å². The van der Waals surface area contributed by atoms with Crippen LogP contribution in [0, 0.1) is 5.92 Å². The van der Waals surface area contributed by atoms with E-state index in [1.807, 2.05) is 31.2 Å². The molecule has 1 aliphatic heterocycles. The molecule has 2 N–H and O–H groups in total. The van der Waals surface area contributed by atoms with Crippen LogP contribution in [0.1, 0.15) is 32.1 Å². The molecular formula is C22H33ClIN5O3. The molecule has 1 saturated heterocycles. The molecule has 1 fully saturated rings. The molecule has 2 heterocycles. The summed E-state index contributed by atoms with van der Waals surface area (Å²) in [6.45, 7) is 7.48. The third-order valence-electron chi connectivity index (χ3n) is 4.94. The van der Waals surface area contributed by atoms with Gasteiger partial charge in [0.05, 0.1) is 0 Å². The highest BCUT2D eigenvalue weighted by Gasteiger charge is 2.13. The number of guanidine groups is 1. The van der Waals surface area contributed by atoms with E-state index < -0.39 is 0 Å². The highest BCUT2D eigenvalue weighted by atomic mass is 127. The predicted octanol–water partition coefficient (Wildman–Crippen LogP) is 3.94. The van der Waals surface area contributed by atoms with Crippen LogP contribution in [-0.2, 0) is 15.9 Å². The lowest BCUT2D eigenvalue weighted by atomic mass is 10.0. The highest BCUT2D eigenvalue weighted by Crippen LogP contribution is 2.20. The van der Waals surface area contributed by atoms with E-state index in [0.29, 0.717) is 42.2 Å². The van der Waals surface area contributed by atoms with Crippen molar-refractivity contribution in [2.24, 2.45) is 10.9 Å². The summed E-state index contributed by atoms with van der Waals surface area (Å²) in [6.07, 6.45) is 3.71. The van der Waals surface area contributed by atoms with E-state index in [-0.39, 0.29) is 24.0 Å². The zero-order valence-electron chi connectivity index (χ0n) is 18.5. The average molecular weight is 578 g/mol. The fraction of sp³-hybridized carbons (Fsp3) is 0.591. The maximum absolute atomic E-state index is 6.03. The first-order chi connectivity index (χ1) is 15.2. The third-order valence-corrected chi connectivity index (χ3v) is 5.17. The van der Waals surface area contributed by atoms with E-state index in [1.165, 1.54) is 0 Å². The molecule has 0 bridgehead atoms. The van der Waals surface area contributed by atoms with Gasteiger partial charge >= 0.3 is 0 Å². The molecule has 2 aromatic rings. The summed E-state index contributed by atoms with van der Waals surface area (Å²) in [6, 6.07) is 7.40.